The molecule has 150 valence electrons. The summed E-state index contributed by atoms with van der Waals surface area (Å²) in [4.78, 5) is 17.7. The van der Waals surface area contributed by atoms with Gasteiger partial charge in [0.15, 0.2) is 5.65 Å². The van der Waals surface area contributed by atoms with Gasteiger partial charge in [0.1, 0.15) is 11.5 Å². The van der Waals surface area contributed by atoms with E-state index in [0.717, 1.165) is 47.7 Å². The van der Waals surface area contributed by atoms with Crippen molar-refractivity contribution in [3.8, 4) is 11.3 Å². The molecule has 0 bridgehead atoms. The Balaban J connectivity index is 2.00. The molecule has 3 aromatic rings. The van der Waals surface area contributed by atoms with Crippen LogP contribution in [0.5, 0.6) is 0 Å². The maximum Gasteiger partial charge on any atom is 0.252 e. The summed E-state index contributed by atoms with van der Waals surface area (Å²) in [6.45, 7) is 12.3. The van der Waals surface area contributed by atoms with Gasteiger partial charge < -0.3 is 15.1 Å². The van der Waals surface area contributed by atoms with E-state index in [9.17, 15) is 4.79 Å². The fourth-order valence-electron chi connectivity index (χ4n) is 3.27. The zero-order valence-corrected chi connectivity index (χ0v) is 17.3. The van der Waals surface area contributed by atoms with Gasteiger partial charge in [0, 0.05) is 24.7 Å². The lowest BCUT2D eigenvalue weighted by Crippen LogP contribution is -2.32. The van der Waals surface area contributed by atoms with E-state index in [2.05, 4.69) is 22.7 Å². The standard InChI is InChI=1S/C21H29N5O2/c1-6-7-22-8-9-23-21(27)17-11-19(16-10-14(4)28-15(16)5)25-20-18(17)12-24-26(20)13(2)3/h10-13,22H,6-9H2,1-5H3,(H,23,27). The average Bonchev–Trinajstić information content (AvgIpc) is 3.23. The van der Waals surface area contributed by atoms with Gasteiger partial charge in [-0.2, -0.15) is 5.10 Å². The second-order valence-electron chi connectivity index (χ2n) is 7.31. The summed E-state index contributed by atoms with van der Waals surface area (Å²) in [6.07, 6.45) is 2.80. The van der Waals surface area contributed by atoms with Crippen LogP contribution in [0, 0.1) is 13.8 Å². The van der Waals surface area contributed by atoms with Crippen LogP contribution in [-0.2, 0) is 0 Å². The first-order chi connectivity index (χ1) is 13.4. The van der Waals surface area contributed by atoms with Crippen LogP contribution in [0.1, 0.15) is 55.1 Å². The summed E-state index contributed by atoms with van der Waals surface area (Å²) in [5, 5.41) is 11.5. The zero-order valence-electron chi connectivity index (χ0n) is 17.3. The number of rotatable bonds is 8. The predicted octanol–water partition coefficient (Wildman–Crippen LogP) is 3.62. The third-order valence-corrected chi connectivity index (χ3v) is 4.63. The number of nitrogens with one attached hydrogen (secondary N) is 2. The van der Waals surface area contributed by atoms with Crippen LogP contribution in [-0.4, -0.2) is 40.3 Å². The van der Waals surface area contributed by atoms with E-state index in [-0.39, 0.29) is 11.9 Å². The van der Waals surface area contributed by atoms with Crippen LogP contribution < -0.4 is 10.6 Å². The summed E-state index contributed by atoms with van der Waals surface area (Å²) >= 11 is 0. The normalized spacial score (nSPS) is 11.5. The van der Waals surface area contributed by atoms with Crippen molar-refractivity contribution in [2.24, 2.45) is 0 Å². The number of amides is 1. The second kappa shape index (κ2) is 8.56. The highest BCUT2D eigenvalue weighted by atomic mass is 16.3. The zero-order chi connectivity index (χ0) is 20.3. The summed E-state index contributed by atoms with van der Waals surface area (Å²) in [6, 6.07) is 3.93. The molecule has 0 unspecified atom stereocenters. The van der Waals surface area contributed by atoms with Crippen molar-refractivity contribution >= 4 is 16.9 Å². The van der Waals surface area contributed by atoms with Crippen molar-refractivity contribution in [3.05, 3.63) is 35.4 Å². The molecule has 3 aromatic heterocycles. The molecule has 0 aromatic carbocycles. The Morgan fingerprint density at radius 3 is 2.64 bits per heavy atom. The number of aromatic nitrogens is 3. The lowest BCUT2D eigenvalue weighted by Gasteiger charge is -2.11. The quantitative estimate of drug-likeness (QED) is 0.580. The Morgan fingerprint density at radius 2 is 2.00 bits per heavy atom. The van der Waals surface area contributed by atoms with E-state index in [0.29, 0.717) is 17.8 Å². The van der Waals surface area contributed by atoms with Gasteiger partial charge in [-0.05, 0) is 52.8 Å². The molecule has 0 saturated carbocycles. The molecule has 0 fully saturated rings. The minimum absolute atomic E-state index is 0.117. The molecule has 3 rings (SSSR count). The number of nitrogens with zero attached hydrogens (tertiary/aromatic N) is 3. The van der Waals surface area contributed by atoms with Crippen molar-refractivity contribution in [1.82, 2.24) is 25.4 Å². The van der Waals surface area contributed by atoms with Crippen LogP contribution in [0.2, 0.25) is 0 Å². The highest BCUT2D eigenvalue weighted by molar-refractivity contribution is 6.06. The first-order valence-electron chi connectivity index (χ1n) is 9.87. The molecule has 0 atom stereocenters. The Labute approximate surface area is 165 Å². The first-order valence-corrected chi connectivity index (χ1v) is 9.87. The summed E-state index contributed by atoms with van der Waals surface area (Å²) in [5.74, 6) is 1.49. The number of hydrogen-bond acceptors (Lipinski definition) is 5. The number of carbonyl (C=O) groups is 1. The Kier molecular flexibility index (Phi) is 6.14. The average molecular weight is 383 g/mol. The molecule has 3 heterocycles. The SMILES string of the molecule is CCCNCCNC(=O)c1cc(-c2cc(C)oc2C)nc2c1cnn2C(C)C. The van der Waals surface area contributed by atoms with Crippen LogP contribution >= 0.6 is 0 Å². The molecule has 0 saturated heterocycles. The Bertz CT molecular complexity index is 971. The van der Waals surface area contributed by atoms with Crippen molar-refractivity contribution < 1.29 is 9.21 Å². The number of furan rings is 1. The molecule has 0 spiro atoms. The molecule has 0 aliphatic heterocycles. The molecule has 7 nitrogen and oxygen atoms in total. The van der Waals surface area contributed by atoms with Gasteiger partial charge in [-0.1, -0.05) is 6.92 Å². The van der Waals surface area contributed by atoms with Gasteiger partial charge in [-0.15, -0.1) is 0 Å². The molecular formula is C21H29N5O2. The van der Waals surface area contributed by atoms with Crippen LogP contribution in [0.3, 0.4) is 0 Å². The van der Waals surface area contributed by atoms with Crippen LogP contribution in [0.15, 0.2) is 22.7 Å². The number of pyridine rings is 1. The summed E-state index contributed by atoms with van der Waals surface area (Å²) in [7, 11) is 0. The van der Waals surface area contributed by atoms with E-state index in [4.69, 9.17) is 9.40 Å². The number of carbonyl (C=O) groups excluding carboxylic acids is 1. The topological polar surface area (TPSA) is 85.0 Å². The molecule has 0 aliphatic carbocycles. The van der Waals surface area contributed by atoms with Gasteiger partial charge in [-0.25, -0.2) is 9.67 Å². The summed E-state index contributed by atoms with van der Waals surface area (Å²) < 4.78 is 7.52. The lowest BCUT2D eigenvalue weighted by atomic mass is 10.1. The predicted molar refractivity (Wildman–Crippen MR) is 111 cm³/mol. The van der Waals surface area contributed by atoms with Crippen LogP contribution in [0.4, 0.5) is 0 Å². The minimum atomic E-state index is -0.117. The Morgan fingerprint density at radius 1 is 1.21 bits per heavy atom. The molecule has 28 heavy (non-hydrogen) atoms. The summed E-state index contributed by atoms with van der Waals surface area (Å²) in [5.41, 5.74) is 2.91. The fourth-order valence-corrected chi connectivity index (χ4v) is 3.27. The smallest absolute Gasteiger partial charge is 0.252 e. The van der Waals surface area contributed by atoms with E-state index in [1.54, 1.807) is 6.20 Å². The third kappa shape index (κ3) is 4.09. The van der Waals surface area contributed by atoms with Crippen LogP contribution in [0.25, 0.3) is 22.3 Å². The maximum absolute atomic E-state index is 12.9. The molecule has 1 amide bonds. The minimum Gasteiger partial charge on any atom is -0.466 e. The van der Waals surface area contributed by atoms with E-state index >= 15 is 0 Å². The lowest BCUT2D eigenvalue weighted by molar-refractivity contribution is 0.0955. The fraction of sp³-hybridized carbons (Fsp3) is 0.476. The monoisotopic (exact) mass is 383 g/mol. The first kappa shape index (κ1) is 20.1. The highest BCUT2D eigenvalue weighted by Gasteiger charge is 2.20. The molecule has 2 N–H and O–H groups in total. The van der Waals surface area contributed by atoms with Crippen molar-refractivity contribution in [2.75, 3.05) is 19.6 Å². The molecule has 7 heteroatoms. The second-order valence-corrected chi connectivity index (χ2v) is 7.31. The van der Waals surface area contributed by atoms with Gasteiger partial charge >= 0.3 is 0 Å². The Hall–Kier alpha value is -2.67. The van der Waals surface area contributed by atoms with Gasteiger partial charge in [0.05, 0.1) is 22.8 Å². The molecule has 0 aliphatic rings. The number of aryl methyl sites for hydroxylation is 2. The highest BCUT2D eigenvalue weighted by Crippen LogP contribution is 2.29. The van der Waals surface area contributed by atoms with Gasteiger partial charge in [0.25, 0.3) is 5.91 Å². The van der Waals surface area contributed by atoms with E-state index in [1.807, 2.05) is 44.5 Å². The largest absolute Gasteiger partial charge is 0.466 e. The van der Waals surface area contributed by atoms with Crippen molar-refractivity contribution in [2.45, 2.75) is 47.1 Å². The number of hydrogen-bond donors (Lipinski definition) is 2. The van der Waals surface area contributed by atoms with Gasteiger partial charge in [0.2, 0.25) is 0 Å². The van der Waals surface area contributed by atoms with E-state index < -0.39 is 0 Å². The molecule has 0 radical (unpaired) electrons. The molecular weight excluding hydrogens is 354 g/mol. The van der Waals surface area contributed by atoms with Gasteiger partial charge in [-0.3, -0.25) is 4.79 Å². The maximum atomic E-state index is 12.9. The number of fused-ring (bicyclic) bond motifs is 1. The third-order valence-electron chi connectivity index (χ3n) is 4.63. The van der Waals surface area contributed by atoms with Crippen molar-refractivity contribution in [1.29, 1.82) is 0 Å². The van der Waals surface area contributed by atoms with Crippen molar-refractivity contribution in [3.63, 3.8) is 0 Å². The van der Waals surface area contributed by atoms with E-state index in [1.165, 1.54) is 0 Å².